The van der Waals surface area contributed by atoms with Gasteiger partial charge in [0.15, 0.2) is 0 Å². The summed E-state index contributed by atoms with van der Waals surface area (Å²) >= 11 is 0. The molecular formula is C24H39N. The Hall–Kier alpha value is -1.24. The van der Waals surface area contributed by atoms with E-state index in [0.29, 0.717) is 0 Å². The van der Waals surface area contributed by atoms with E-state index < -0.39 is 0 Å². The zero-order valence-corrected chi connectivity index (χ0v) is 17.1. The lowest BCUT2D eigenvalue weighted by Crippen LogP contribution is -2.31. The molecule has 0 atom stereocenters. The van der Waals surface area contributed by atoms with Crippen LogP contribution in [0.3, 0.4) is 0 Å². The molecule has 1 heteroatoms. The third kappa shape index (κ3) is 6.88. The molecule has 25 heavy (non-hydrogen) atoms. The van der Waals surface area contributed by atoms with Crippen LogP contribution in [0.5, 0.6) is 0 Å². The van der Waals surface area contributed by atoms with Crippen molar-refractivity contribution in [2.45, 2.75) is 104 Å². The number of fused-ring (bicyclic) bond motifs is 1. The minimum atomic E-state index is 0.0646. The third-order valence-corrected chi connectivity index (χ3v) is 5.36. The number of benzene rings is 1. The van der Waals surface area contributed by atoms with E-state index in [-0.39, 0.29) is 5.54 Å². The van der Waals surface area contributed by atoms with E-state index >= 15 is 0 Å². The molecule has 1 N–H and O–H groups in total. The van der Waals surface area contributed by atoms with Gasteiger partial charge in [0.05, 0.1) is 5.54 Å². The molecular weight excluding hydrogens is 302 g/mol. The van der Waals surface area contributed by atoms with E-state index in [4.69, 9.17) is 0 Å². The van der Waals surface area contributed by atoms with Crippen LogP contribution in [0.2, 0.25) is 0 Å². The zero-order valence-electron chi connectivity index (χ0n) is 17.1. The van der Waals surface area contributed by atoms with Crippen LogP contribution in [0.15, 0.2) is 24.3 Å². The first-order chi connectivity index (χ1) is 12.0. The Labute approximate surface area is 156 Å². The predicted octanol–water partition coefficient (Wildman–Crippen LogP) is 7.76. The van der Waals surface area contributed by atoms with Crippen molar-refractivity contribution in [3.63, 3.8) is 0 Å². The van der Waals surface area contributed by atoms with Crippen molar-refractivity contribution in [2.75, 3.05) is 5.32 Å². The van der Waals surface area contributed by atoms with Crippen LogP contribution in [0.1, 0.15) is 103 Å². The van der Waals surface area contributed by atoms with Crippen molar-refractivity contribution in [3.05, 3.63) is 35.4 Å². The van der Waals surface area contributed by atoms with Crippen LogP contribution in [0.4, 0.5) is 5.69 Å². The molecule has 1 heterocycles. The molecule has 0 unspecified atom stereocenters. The lowest BCUT2D eigenvalue weighted by molar-refractivity contribution is 0.556. The van der Waals surface area contributed by atoms with Crippen LogP contribution < -0.4 is 5.32 Å². The van der Waals surface area contributed by atoms with Gasteiger partial charge in [-0.1, -0.05) is 76.9 Å². The van der Waals surface area contributed by atoms with Crippen LogP contribution in [-0.2, 0) is 6.42 Å². The molecule has 0 saturated carbocycles. The maximum absolute atomic E-state index is 3.63. The maximum Gasteiger partial charge on any atom is 0.0505 e. The first kappa shape index (κ1) is 20.1. The molecule has 0 fully saturated rings. The quantitative estimate of drug-likeness (QED) is 0.405. The predicted molar refractivity (Wildman–Crippen MR) is 113 cm³/mol. The lowest BCUT2D eigenvalue weighted by Gasteiger charge is -2.31. The number of unbranched alkanes of at least 4 members (excludes halogenated alkanes) is 9. The fourth-order valence-electron chi connectivity index (χ4n) is 4.00. The molecule has 1 aromatic carbocycles. The van der Waals surface area contributed by atoms with E-state index in [9.17, 15) is 0 Å². The fourth-order valence-corrected chi connectivity index (χ4v) is 4.00. The van der Waals surface area contributed by atoms with Gasteiger partial charge in [0.2, 0.25) is 0 Å². The normalized spacial score (nSPS) is 15.4. The zero-order chi connectivity index (χ0) is 18.1. The Morgan fingerprint density at radius 2 is 1.44 bits per heavy atom. The fraction of sp³-hybridized carbons (Fsp3) is 0.667. The van der Waals surface area contributed by atoms with Gasteiger partial charge < -0.3 is 5.32 Å². The van der Waals surface area contributed by atoms with Gasteiger partial charge in [-0.05, 0) is 56.9 Å². The van der Waals surface area contributed by atoms with E-state index in [1.54, 1.807) is 0 Å². The molecule has 0 radical (unpaired) electrons. The summed E-state index contributed by atoms with van der Waals surface area (Å²) in [6.45, 7) is 9.00. The van der Waals surface area contributed by atoms with E-state index in [2.05, 4.69) is 57.3 Å². The Balaban J connectivity index is 1.65. The second-order valence-electron chi connectivity index (χ2n) is 8.49. The van der Waals surface area contributed by atoms with Gasteiger partial charge in [0.25, 0.3) is 0 Å². The van der Waals surface area contributed by atoms with E-state index in [1.165, 1.54) is 93.0 Å². The van der Waals surface area contributed by atoms with Crippen LogP contribution in [-0.4, -0.2) is 5.54 Å². The van der Waals surface area contributed by atoms with Gasteiger partial charge in [0.1, 0.15) is 0 Å². The highest BCUT2D eigenvalue weighted by atomic mass is 15.0. The summed E-state index contributed by atoms with van der Waals surface area (Å²) in [6, 6.07) is 6.99. The molecule has 0 amide bonds. The summed E-state index contributed by atoms with van der Waals surface area (Å²) in [4.78, 5) is 0. The summed E-state index contributed by atoms with van der Waals surface area (Å²) in [7, 11) is 0. The van der Waals surface area contributed by atoms with Gasteiger partial charge in [-0.3, -0.25) is 0 Å². The second kappa shape index (κ2) is 10.0. The largest absolute Gasteiger partial charge is 0.376 e. The standard InChI is InChI=1S/C24H39N/c1-5-6-7-8-9-10-11-12-13-14-15-21-16-17-23-22(18-21)20(2)19-24(3,4)25-23/h16-19,25H,5-15H2,1-4H3. The monoisotopic (exact) mass is 341 g/mol. The maximum atomic E-state index is 3.63. The average Bonchev–Trinajstić information content (AvgIpc) is 2.56. The highest BCUT2D eigenvalue weighted by Crippen LogP contribution is 2.34. The minimum Gasteiger partial charge on any atom is -0.376 e. The van der Waals surface area contributed by atoms with Gasteiger partial charge in [0, 0.05) is 11.3 Å². The van der Waals surface area contributed by atoms with Gasteiger partial charge in [-0.2, -0.15) is 0 Å². The summed E-state index contributed by atoms with van der Waals surface area (Å²) < 4.78 is 0. The molecule has 0 aromatic heterocycles. The SMILES string of the molecule is CCCCCCCCCCCCc1ccc2c(c1)C(C)=CC(C)(C)N2. The highest BCUT2D eigenvalue weighted by molar-refractivity contribution is 5.80. The topological polar surface area (TPSA) is 12.0 Å². The lowest BCUT2D eigenvalue weighted by atomic mass is 9.90. The number of anilines is 1. The molecule has 0 aliphatic carbocycles. The van der Waals surface area contributed by atoms with Crippen molar-refractivity contribution < 1.29 is 0 Å². The van der Waals surface area contributed by atoms with E-state index in [1.807, 2.05) is 0 Å². The Morgan fingerprint density at radius 1 is 0.840 bits per heavy atom. The number of hydrogen-bond acceptors (Lipinski definition) is 1. The van der Waals surface area contributed by atoms with Crippen molar-refractivity contribution in [2.24, 2.45) is 0 Å². The number of hydrogen-bond donors (Lipinski definition) is 1. The molecule has 0 spiro atoms. The number of allylic oxidation sites excluding steroid dienone is 1. The summed E-state index contributed by atoms with van der Waals surface area (Å²) in [5.74, 6) is 0. The molecule has 2 rings (SSSR count). The summed E-state index contributed by atoms with van der Waals surface area (Å²) in [5.41, 5.74) is 5.65. The number of nitrogens with one attached hydrogen (secondary N) is 1. The van der Waals surface area contributed by atoms with Crippen molar-refractivity contribution >= 4 is 11.3 Å². The highest BCUT2D eigenvalue weighted by Gasteiger charge is 2.22. The number of rotatable bonds is 11. The molecule has 1 aromatic rings. The third-order valence-electron chi connectivity index (χ3n) is 5.36. The molecule has 1 aliphatic heterocycles. The molecule has 1 nitrogen and oxygen atoms in total. The first-order valence-electron chi connectivity index (χ1n) is 10.6. The number of aryl methyl sites for hydroxylation is 1. The molecule has 0 bridgehead atoms. The van der Waals surface area contributed by atoms with Gasteiger partial charge in [-0.25, -0.2) is 0 Å². The smallest absolute Gasteiger partial charge is 0.0505 e. The van der Waals surface area contributed by atoms with E-state index in [0.717, 1.165) is 0 Å². The van der Waals surface area contributed by atoms with Crippen molar-refractivity contribution in [3.8, 4) is 0 Å². The Morgan fingerprint density at radius 3 is 2.08 bits per heavy atom. The first-order valence-corrected chi connectivity index (χ1v) is 10.6. The van der Waals surface area contributed by atoms with Crippen molar-refractivity contribution in [1.29, 1.82) is 0 Å². The molecule has 140 valence electrons. The molecule has 1 aliphatic rings. The van der Waals surface area contributed by atoms with Gasteiger partial charge >= 0.3 is 0 Å². The minimum absolute atomic E-state index is 0.0646. The van der Waals surface area contributed by atoms with Crippen LogP contribution in [0.25, 0.3) is 5.57 Å². The van der Waals surface area contributed by atoms with Crippen LogP contribution >= 0.6 is 0 Å². The Bertz CT molecular complexity index is 553. The van der Waals surface area contributed by atoms with Gasteiger partial charge in [-0.15, -0.1) is 0 Å². The second-order valence-corrected chi connectivity index (χ2v) is 8.49. The van der Waals surface area contributed by atoms with Crippen molar-refractivity contribution in [1.82, 2.24) is 0 Å². The molecule has 0 saturated heterocycles. The summed E-state index contributed by atoms with van der Waals surface area (Å²) in [6.07, 6.45) is 17.7. The average molecular weight is 342 g/mol. The Kier molecular flexibility index (Phi) is 8.06. The summed E-state index contributed by atoms with van der Waals surface area (Å²) in [5, 5.41) is 3.63. The van der Waals surface area contributed by atoms with Crippen LogP contribution in [0, 0.1) is 0 Å².